The molecule has 0 aromatic heterocycles. The fraction of sp³-hybridized carbons (Fsp3) is 0.176. The number of benzene rings is 2. The lowest BCUT2D eigenvalue weighted by atomic mass is 10.1. The smallest absolute Gasteiger partial charge is 0.418 e. The Kier molecular flexibility index (Phi) is 5.69. The van der Waals surface area contributed by atoms with E-state index in [0.29, 0.717) is 0 Å². The third-order valence-corrected chi connectivity index (χ3v) is 3.49. The molecule has 2 rings (SSSR count). The molecule has 0 spiro atoms. The minimum Gasteiger partial charge on any atom is -0.452 e. The number of rotatable bonds is 4. The first kappa shape index (κ1) is 18.8. The molecule has 2 aromatic carbocycles. The van der Waals surface area contributed by atoms with E-state index >= 15 is 0 Å². The van der Waals surface area contributed by atoms with Gasteiger partial charge in [0.1, 0.15) is 0 Å². The Bertz CT molecular complexity index is 806. The van der Waals surface area contributed by atoms with E-state index in [2.05, 4.69) is 0 Å². The monoisotopic (exact) mass is 371 g/mol. The number of hydrogen-bond donors (Lipinski definition) is 1. The van der Waals surface area contributed by atoms with Gasteiger partial charge < -0.3 is 10.1 Å². The number of aryl methyl sites for hydroxylation is 1. The van der Waals surface area contributed by atoms with Crippen LogP contribution in [-0.2, 0) is 15.7 Å². The number of ether oxygens (including phenoxy) is 1. The second-order valence-corrected chi connectivity index (χ2v) is 5.56. The summed E-state index contributed by atoms with van der Waals surface area (Å²) in [7, 11) is 0. The fourth-order valence-corrected chi connectivity index (χ4v) is 2.27. The molecule has 132 valence electrons. The molecule has 0 saturated heterocycles. The van der Waals surface area contributed by atoms with Gasteiger partial charge >= 0.3 is 12.1 Å². The minimum atomic E-state index is -4.69. The molecule has 0 aliphatic rings. The summed E-state index contributed by atoms with van der Waals surface area (Å²) in [6, 6.07) is 9.62. The molecule has 0 unspecified atom stereocenters. The number of para-hydroxylation sites is 1. The van der Waals surface area contributed by atoms with Gasteiger partial charge in [-0.15, -0.1) is 0 Å². The highest BCUT2D eigenvalue weighted by Gasteiger charge is 2.34. The third-order valence-electron chi connectivity index (χ3n) is 3.17. The molecule has 0 fully saturated rings. The number of esters is 1. The molecule has 25 heavy (non-hydrogen) atoms. The first-order chi connectivity index (χ1) is 11.7. The Morgan fingerprint density at radius 3 is 2.48 bits per heavy atom. The number of amides is 1. The number of nitrogens with one attached hydrogen (secondary N) is 1. The Balaban J connectivity index is 2.05. The lowest BCUT2D eigenvalue weighted by Gasteiger charge is -2.15. The van der Waals surface area contributed by atoms with Gasteiger partial charge in [0.25, 0.3) is 5.91 Å². The molecule has 2 aromatic rings. The molecule has 0 aliphatic carbocycles. The zero-order valence-corrected chi connectivity index (χ0v) is 13.7. The maximum Gasteiger partial charge on any atom is 0.418 e. The maximum absolute atomic E-state index is 13.0. The van der Waals surface area contributed by atoms with Crippen molar-refractivity contribution in [2.45, 2.75) is 13.1 Å². The van der Waals surface area contributed by atoms with Crippen LogP contribution in [0.3, 0.4) is 0 Å². The second-order valence-electron chi connectivity index (χ2n) is 5.15. The van der Waals surface area contributed by atoms with Crippen molar-refractivity contribution in [3.8, 4) is 0 Å². The van der Waals surface area contributed by atoms with Gasteiger partial charge in [-0.05, 0) is 31.2 Å². The van der Waals surface area contributed by atoms with Crippen LogP contribution in [0.4, 0.5) is 18.9 Å². The van der Waals surface area contributed by atoms with Gasteiger partial charge in [0.15, 0.2) is 6.61 Å². The Labute approximate surface area is 146 Å². The Morgan fingerprint density at radius 1 is 1.16 bits per heavy atom. The highest BCUT2D eigenvalue weighted by Crippen LogP contribution is 2.38. The summed E-state index contributed by atoms with van der Waals surface area (Å²) in [6.45, 7) is 1.04. The van der Waals surface area contributed by atoms with E-state index in [9.17, 15) is 22.8 Å². The summed E-state index contributed by atoms with van der Waals surface area (Å²) >= 11 is 5.73. The predicted octanol–water partition coefficient (Wildman–Crippen LogP) is 4.46. The average Bonchev–Trinajstić information content (AvgIpc) is 2.53. The fourth-order valence-electron chi connectivity index (χ4n) is 2.05. The molecular formula is C17H13ClF3NO3. The maximum atomic E-state index is 13.0. The van der Waals surface area contributed by atoms with E-state index in [4.69, 9.17) is 16.3 Å². The zero-order chi connectivity index (χ0) is 18.6. The number of anilines is 1. The molecule has 0 atom stereocenters. The van der Waals surface area contributed by atoms with Crippen molar-refractivity contribution in [1.82, 2.24) is 0 Å². The molecule has 0 heterocycles. The van der Waals surface area contributed by atoms with E-state index in [-0.39, 0.29) is 10.6 Å². The van der Waals surface area contributed by atoms with Crippen molar-refractivity contribution >= 4 is 29.2 Å². The molecule has 0 radical (unpaired) electrons. The molecule has 1 amide bonds. The van der Waals surface area contributed by atoms with Gasteiger partial charge in [0.2, 0.25) is 0 Å². The third kappa shape index (κ3) is 4.96. The number of halogens is 4. The van der Waals surface area contributed by atoms with Gasteiger partial charge in [0.05, 0.1) is 21.8 Å². The van der Waals surface area contributed by atoms with Crippen LogP contribution < -0.4 is 5.32 Å². The van der Waals surface area contributed by atoms with Gasteiger partial charge in [-0.25, -0.2) is 4.79 Å². The summed E-state index contributed by atoms with van der Waals surface area (Å²) in [5, 5.41) is 1.77. The van der Waals surface area contributed by atoms with Crippen LogP contribution >= 0.6 is 11.6 Å². The second kappa shape index (κ2) is 7.57. The molecule has 4 nitrogen and oxygen atoms in total. The van der Waals surface area contributed by atoms with Crippen molar-refractivity contribution in [2.24, 2.45) is 0 Å². The average molecular weight is 372 g/mol. The normalized spacial score (nSPS) is 11.1. The summed E-state index contributed by atoms with van der Waals surface area (Å²) in [5.74, 6) is -1.69. The summed E-state index contributed by atoms with van der Waals surface area (Å²) in [4.78, 5) is 23.7. The van der Waals surface area contributed by atoms with Crippen LogP contribution in [0.2, 0.25) is 5.02 Å². The van der Waals surface area contributed by atoms with Crippen LogP contribution in [0.1, 0.15) is 21.5 Å². The van der Waals surface area contributed by atoms with Gasteiger partial charge in [0, 0.05) is 0 Å². The first-order valence-corrected chi connectivity index (χ1v) is 7.45. The lowest BCUT2D eigenvalue weighted by Crippen LogP contribution is -2.23. The van der Waals surface area contributed by atoms with Crippen LogP contribution in [0.15, 0.2) is 42.5 Å². The number of alkyl halides is 3. The van der Waals surface area contributed by atoms with Gasteiger partial charge in [-0.1, -0.05) is 35.4 Å². The first-order valence-electron chi connectivity index (χ1n) is 7.08. The molecule has 1 N–H and O–H groups in total. The number of carbonyl (C=O) groups excluding carboxylic acids is 2. The van der Waals surface area contributed by atoms with E-state index in [1.165, 1.54) is 12.1 Å². The zero-order valence-electron chi connectivity index (χ0n) is 13.0. The predicted molar refractivity (Wildman–Crippen MR) is 86.5 cm³/mol. The van der Waals surface area contributed by atoms with Crippen molar-refractivity contribution in [3.05, 3.63) is 64.2 Å². The number of hydrogen-bond acceptors (Lipinski definition) is 3. The summed E-state index contributed by atoms with van der Waals surface area (Å²) in [6.07, 6.45) is -4.69. The van der Waals surface area contributed by atoms with Crippen molar-refractivity contribution < 1.29 is 27.5 Å². The van der Waals surface area contributed by atoms with E-state index in [1.807, 2.05) is 5.32 Å². The lowest BCUT2D eigenvalue weighted by molar-refractivity contribution is -0.137. The van der Waals surface area contributed by atoms with Crippen molar-refractivity contribution in [3.63, 3.8) is 0 Å². The van der Waals surface area contributed by atoms with Gasteiger partial charge in [-0.2, -0.15) is 13.2 Å². The Hall–Kier alpha value is -2.54. The molecule has 0 aliphatic heterocycles. The highest BCUT2D eigenvalue weighted by molar-refractivity contribution is 6.34. The number of carbonyl (C=O) groups is 2. The van der Waals surface area contributed by atoms with E-state index in [0.717, 1.165) is 17.7 Å². The summed E-state index contributed by atoms with van der Waals surface area (Å²) < 4.78 is 43.7. The largest absolute Gasteiger partial charge is 0.452 e. The standard InChI is InChI=1S/C17H13ClF3NO3/c1-10-4-2-5-11(8-10)16(24)25-9-14(23)22-15-12(17(19,20)21)6-3-7-13(15)18/h2-8H,9H2,1H3,(H,22,23). The highest BCUT2D eigenvalue weighted by atomic mass is 35.5. The van der Waals surface area contributed by atoms with Crippen molar-refractivity contribution in [2.75, 3.05) is 11.9 Å². The summed E-state index contributed by atoms with van der Waals surface area (Å²) in [5.41, 5.74) is -0.599. The quantitative estimate of drug-likeness (QED) is 0.807. The van der Waals surface area contributed by atoms with Crippen LogP contribution in [0, 0.1) is 6.92 Å². The SMILES string of the molecule is Cc1cccc(C(=O)OCC(=O)Nc2c(Cl)cccc2C(F)(F)F)c1. The molecule has 0 saturated carbocycles. The van der Waals surface area contributed by atoms with E-state index in [1.54, 1.807) is 25.1 Å². The van der Waals surface area contributed by atoms with Crippen LogP contribution in [0.5, 0.6) is 0 Å². The topological polar surface area (TPSA) is 55.4 Å². The van der Waals surface area contributed by atoms with Gasteiger partial charge in [-0.3, -0.25) is 4.79 Å². The van der Waals surface area contributed by atoms with E-state index < -0.39 is 35.9 Å². The molecular weight excluding hydrogens is 359 g/mol. The molecule has 0 bridgehead atoms. The van der Waals surface area contributed by atoms with Crippen LogP contribution in [0.25, 0.3) is 0 Å². The van der Waals surface area contributed by atoms with Crippen molar-refractivity contribution in [1.29, 1.82) is 0 Å². The minimum absolute atomic E-state index is 0.238. The Morgan fingerprint density at radius 2 is 1.84 bits per heavy atom. The molecule has 8 heteroatoms. The van der Waals surface area contributed by atoms with Crippen LogP contribution in [-0.4, -0.2) is 18.5 Å².